The van der Waals surface area contributed by atoms with Crippen molar-refractivity contribution in [2.45, 2.75) is 0 Å². The predicted molar refractivity (Wildman–Crippen MR) is 123 cm³/mol. The third-order valence-electron chi connectivity index (χ3n) is 3.99. The van der Waals surface area contributed by atoms with E-state index in [0.29, 0.717) is 27.7 Å². The summed E-state index contributed by atoms with van der Waals surface area (Å²) in [5.74, 6) is -1.71. The van der Waals surface area contributed by atoms with Gasteiger partial charge in [0.1, 0.15) is 5.75 Å². The number of nitrogens with zero attached hydrogens (tertiary/aromatic N) is 1. The summed E-state index contributed by atoms with van der Waals surface area (Å²) in [6, 6.07) is 22.3. The third-order valence-corrected chi connectivity index (χ3v) is 4.32. The van der Waals surface area contributed by atoms with Crippen molar-refractivity contribution in [3.8, 4) is 5.75 Å². The van der Waals surface area contributed by atoms with Gasteiger partial charge in [-0.3, -0.25) is 14.4 Å². The number of para-hydroxylation sites is 2. The number of benzene rings is 3. The number of anilines is 2. The molecule has 8 nitrogen and oxygen atoms in total. The first-order valence-corrected chi connectivity index (χ1v) is 9.86. The Morgan fingerprint density at radius 2 is 1.62 bits per heavy atom. The fraction of sp³-hybridized carbons (Fsp3) is 0.0435. The first kappa shape index (κ1) is 22.5. The Kier molecular flexibility index (Phi) is 7.94. The van der Waals surface area contributed by atoms with Crippen molar-refractivity contribution in [2.75, 3.05) is 17.2 Å². The molecule has 32 heavy (non-hydrogen) atoms. The number of hydrazone groups is 1. The maximum absolute atomic E-state index is 12.0. The van der Waals surface area contributed by atoms with Crippen molar-refractivity contribution in [3.05, 3.63) is 89.4 Å². The molecular weight excluding hydrogens is 432 g/mol. The maximum Gasteiger partial charge on any atom is 0.329 e. The van der Waals surface area contributed by atoms with Crippen molar-refractivity contribution >= 4 is 46.9 Å². The number of hydrogen-bond acceptors (Lipinski definition) is 5. The third kappa shape index (κ3) is 6.96. The zero-order valence-electron chi connectivity index (χ0n) is 16.7. The van der Waals surface area contributed by atoms with E-state index in [1.807, 2.05) is 18.2 Å². The summed E-state index contributed by atoms with van der Waals surface area (Å²) >= 11 is 5.94. The average molecular weight is 451 g/mol. The van der Waals surface area contributed by atoms with Gasteiger partial charge >= 0.3 is 11.8 Å². The molecule has 0 aliphatic rings. The van der Waals surface area contributed by atoms with Gasteiger partial charge in [0, 0.05) is 5.69 Å². The van der Waals surface area contributed by atoms with E-state index in [1.165, 1.54) is 6.21 Å². The van der Waals surface area contributed by atoms with Gasteiger partial charge in [0.05, 0.1) is 16.9 Å². The lowest BCUT2D eigenvalue weighted by Crippen LogP contribution is -2.32. The normalized spacial score (nSPS) is 10.4. The molecule has 0 fully saturated rings. The molecule has 3 amide bonds. The Balaban J connectivity index is 1.48. The van der Waals surface area contributed by atoms with Crippen molar-refractivity contribution < 1.29 is 19.1 Å². The van der Waals surface area contributed by atoms with Gasteiger partial charge in [-0.05, 0) is 42.0 Å². The van der Waals surface area contributed by atoms with Crippen LogP contribution in [0.25, 0.3) is 0 Å². The quantitative estimate of drug-likeness (QED) is 0.291. The number of carbonyl (C=O) groups excluding carboxylic acids is 3. The first-order chi connectivity index (χ1) is 15.5. The number of carbonyl (C=O) groups is 3. The smallest absolute Gasteiger partial charge is 0.329 e. The molecule has 3 N–H and O–H groups in total. The number of hydrogen-bond donors (Lipinski definition) is 3. The van der Waals surface area contributed by atoms with E-state index in [2.05, 4.69) is 21.2 Å². The molecule has 0 saturated carbocycles. The van der Waals surface area contributed by atoms with Crippen LogP contribution >= 0.6 is 11.6 Å². The maximum atomic E-state index is 12.0. The first-order valence-electron chi connectivity index (χ1n) is 9.48. The summed E-state index contributed by atoms with van der Waals surface area (Å²) in [5.41, 5.74) is 3.73. The van der Waals surface area contributed by atoms with E-state index >= 15 is 0 Å². The molecule has 3 rings (SSSR count). The average Bonchev–Trinajstić information content (AvgIpc) is 2.80. The Bertz CT molecular complexity index is 1140. The largest absolute Gasteiger partial charge is 0.484 e. The van der Waals surface area contributed by atoms with Gasteiger partial charge in [0.15, 0.2) is 6.61 Å². The van der Waals surface area contributed by atoms with E-state index in [9.17, 15) is 14.4 Å². The second-order valence-corrected chi connectivity index (χ2v) is 6.82. The lowest BCUT2D eigenvalue weighted by Gasteiger charge is -2.08. The summed E-state index contributed by atoms with van der Waals surface area (Å²) in [4.78, 5) is 35.8. The summed E-state index contributed by atoms with van der Waals surface area (Å²) < 4.78 is 5.49. The van der Waals surface area contributed by atoms with E-state index < -0.39 is 11.8 Å². The minimum atomic E-state index is -0.953. The fourth-order valence-electron chi connectivity index (χ4n) is 2.51. The van der Waals surface area contributed by atoms with Crippen LogP contribution in [-0.2, 0) is 14.4 Å². The standard InChI is InChI=1S/C23H19ClN4O4/c24-19-11-4-5-12-20(19)27-22(30)23(31)28-25-14-16-7-6-10-18(13-16)32-15-21(29)26-17-8-2-1-3-9-17/h1-14H,15H2,(H,26,29)(H,27,30)(H,28,31)/b25-14+. The fourth-order valence-corrected chi connectivity index (χ4v) is 2.69. The molecule has 0 saturated heterocycles. The summed E-state index contributed by atoms with van der Waals surface area (Å²) in [6.45, 7) is -0.172. The molecule has 0 aliphatic carbocycles. The highest BCUT2D eigenvalue weighted by atomic mass is 35.5. The van der Waals surface area contributed by atoms with Crippen LogP contribution in [0.15, 0.2) is 84.0 Å². The zero-order valence-corrected chi connectivity index (χ0v) is 17.5. The van der Waals surface area contributed by atoms with Crippen molar-refractivity contribution in [2.24, 2.45) is 5.10 Å². The number of ether oxygens (including phenoxy) is 1. The Morgan fingerprint density at radius 1 is 0.875 bits per heavy atom. The molecule has 0 radical (unpaired) electrons. The van der Waals surface area contributed by atoms with E-state index in [4.69, 9.17) is 16.3 Å². The Labute approximate surface area is 189 Å². The zero-order chi connectivity index (χ0) is 22.8. The highest BCUT2D eigenvalue weighted by molar-refractivity contribution is 6.41. The van der Waals surface area contributed by atoms with E-state index in [1.54, 1.807) is 60.7 Å². The van der Waals surface area contributed by atoms with Gasteiger partial charge in [0.2, 0.25) is 0 Å². The second kappa shape index (κ2) is 11.3. The van der Waals surface area contributed by atoms with Crippen LogP contribution in [0.1, 0.15) is 5.56 Å². The molecule has 0 spiro atoms. The van der Waals surface area contributed by atoms with Gasteiger partial charge in [-0.2, -0.15) is 5.10 Å². The molecule has 162 valence electrons. The van der Waals surface area contributed by atoms with E-state index in [-0.39, 0.29) is 12.5 Å². The van der Waals surface area contributed by atoms with Crippen LogP contribution in [0.2, 0.25) is 5.02 Å². The van der Waals surface area contributed by atoms with Crippen molar-refractivity contribution in [3.63, 3.8) is 0 Å². The van der Waals surface area contributed by atoms with Gasteiger partial charge in [-0.25, -0.2) is 5.43 Å². The topological polar surface area (TPSA) is 109 Å². The van der Waals surface area contributed by atoms with Crippen molar-refractivity contribution in [1.29, 1.82) is 0 Å². The highest BCUT2D eigenvalue weighted by Gasteiger charge is 2.14. The summed E-state index contributed by atoms with van der Waals surface area (Å²) in [5, 5.41) is 9.20. The minimum absolute atomic E-state index is 0.172. The lowest BCUT2D eigenvalue weighted by molar-refractivity contribution is -0.136. The van der Waals surface area contributed by atoms with Crippen LogP contribution in [0.4, 0.5) is 11.4 Å². The van der Waals surface area contributed by atoms with Gasteiger partial charge in [-0.1, -0.05) is 54.1 Å². The molecule has 0 heterocycles. The number of amides is 3. The summed E-state index contributed by atoms with van der Waals surface area (Å²) in [7, 11) is 0. The Hall–Kier alpha value is -4.17. The highest BCUT2D eigenvalue weighted by Crippen LogP contribution is 2.20. The monoisotopic (exact) mass is 450 g/mol. The van der Waals surface area contributed by atoms with Crippen LogP contribution in [0.5, 0.6) is 5.75 Å². The minimum Gasteiger partial charge on any atom is -0.484 e. The van der Waals surface area contributed by atoms with E-state index in [0.717, 1.165) is 0 Å². The summed E-state index contributed by atoms with van der Waals surface area (Å²) in [6.07, 6.45) is 1.34. The molecule has 0 aliphatic heterocycles. The predicted octanol–water partition coefficient (Wildman–Crippen LogP) is 3.45. The number of halogens is 1. The van der Waals surface area contributed by atoms with Crippen LogP contribution < -0.4 is 20.8 Å². The molecule has 0 unspecified atom stereocenters. The molecule has 9 heteroatoms. The molecule has 0 atom stereocenters. The van der Waals surface area contributed by atoms with Crippen molar-refractivity contribution in [1.82, 2.24) is 5.43 Å². The molecule has 0 bridgehead atoms. The molecule has 3 aromatic carbocycles. The van der Waals surface area contributed by atoms with Crippen LogP contribution in [-0.4, -0.2) is 30.5 Å². The number of rotatable bonds is 7. The van der Waals surface area contributed by atoms with Gasteiger partial charge in [0.25, 0.3) is 5.91 Å². The van der Waals surface area contributed by atoms with Gasteiger partial charge < -0.3 is 15.4 Å². The SMILES string of the molecule is O=C(COc1cccc(/C=N/NC(=O)C(=O)Nc2ccccc2Cl)c1)Nc1ccccc1. The van der Waals surface area contributed by atoms with Crippen LogP contribution in [0.3, 0.4) is 0 Å². The number of nitrogens with one attached hydrogen (secondary N) is 3. The lowest BCUT2D eigenvalue weighted by atomic mass is 10.2. The van der Waals surface area contributed by atoms with Gasteiger partial charge in [-0.15, -0.1) is 0 Å². The molecular formula is C23H19ClN4O4. The second-order valence-electron chi connectivity index (χ2n) is 6.41. The molecule has 3 aromatic rings. The van der Waals surface area contributed by atoms with Crippen LogP contribution in [0, 0.1) is 0 Å². The Morgan fingerprint density at radius 3 is 2.41 bits per heavy atom. The molecule has 0 aromatic heterocycles.